The maximum atomic E-state index is 10.8. The summed E-state index contributed by atoms with van der Waals surface area (Å²) in [4.78, 5) is 10.8. The Hall–Kier alpha value is -0.700. The molecule has 3 nitrogen and oxygen atoms in total. The smallest absolute Gasteiger partial charge is 0.318 e. The fraction of sp³-hybridized carbons (Fsp3) is 0.571. The van der Waals surface area contributed by atoms with Crippen LogP contribution in [-0.2, 0) is 0 Å². The molecule has 4 heteroatoms. The molecule has 2 N–H and O–H groups in total. The molecule has 2 amide bonds. The molecule has 11 heavy (non-hydrogen) atoms. The first-order valence-electron chi connectivity index (χ1n) is 3.40. The molecule has 0 aromatic rings. The minimum atomic E-state index is -0.216. The lowest BCUT2D eigenvalue weighted by molar-refractivity contribution is 0.244. The van der Waals surface area contributed by atoms with Crippen molar-refractivity contribution in [3.05, 3.63) is 11.8 Å². The SMILES string of the molecule is CC(C)=CNC(=O)NCCCl. The Balaban J connectivity index is 3.45. The number of amides is 2. The van der Waals surface area contributed by atoms with E-state index in [0.717, 1.165) is 5.57 Å². The van der Waals surface area contributed by atoms with Gasteiger partial charge in [-0.1, -0.05) is 5.57 Å². The van der Waals surface area contributed by atoms with E-state index < -0.39 is 0 Å². The highest BCUT2D eigenvalue weighted by atomic mass is 35.5. The number of urea groups is 1. The monoisotopic (exact) mass is 176 g/mol. The van der Waals surface area contributed by atoms with Crippen molar-refractivity contribution in [2.75, 3.05) is 12.4 Å². The molecule has 0 radical (unpaired) electrons. The summed E-state index contributed by atoms with van der Waals surface area (Å²) in [5.41, 5.74) is 1.05. The van der Waals surface area contributed by atoms with Crippen LogP contribution in [0.2, 0.25) is 0 Å². The Morgan fingerprint density at radius 1 is 1.55 bits per heavy atom. The summed E-state index contributed by atoms with van der Waals surface area (Å²) in [5, 5.41) is 5.11. The van der Waals surface area contributed by atoms with Gasteiger partial charge in [0.15, 0.2) is 0 Å². The van der Waals surface area contributed by atoms with Gasteiger partial charge in [0.05, 0.1) is 0 Å². The Labute approximate surface area is 71.8 Å². The molecule has 64 valence electrons. The van der Waals surface area contributed by atoms with E-state index in [0.29, 0.717) is 12.4 Å². The van der Waals surface area contributed by atoms with Gasteiger partial charge < -0.3 is 10.6 Å². The Bertz CT molecular complexity index is 153. The largest absolute Gasteiger partial charge is 0.337 e. The predicted molar refractivity (Wildman–Crippen MR) is 46.7 cm³/mol. The lowest BCUT2D eigenvalue weighted by Crippen LogP contribution is -2.33. The van der Waals surface area contributed by atoms with E-state index in [9.17, 15) is 4.79 Å². The third-order valence-electron chi connectivity index (χ3n) is 0.872. The summed E-state index contributed by atoms with van der Waals surface area (Å²) in [5.74, 6) is 0.433. The molecule has 0 aliphatic rings. The highest BCUT2D eigenvalue weighted by molar-refractivity contribution is 6.18. The van der Waals surface area contributed by atoms with E-state index in [2.05, 4.69) is 10.6 Å². The van der Waals surface area contributed by atoms with E-state index in [1.807, 2.05) is 13.8 Å². The molecule has 0 unspecified atom stereocenters. The van der Waals surface area contributed by atoms with Crippen LogP contribution >= 0.6 is 11.6 Å². The number of hydrogen-bond donors (Lipinski definition) is 2. The van der Waals surface area contributed by atoms with Gasteiger partial charge in [0.2, 0.25) is 0 Å². The molecule has 0 spiro atoms. The number of nitrogens with one attached hydrogen (secondary N) is 2. The second kappa shape index (κ2) is 6.04. The summed E-state index contributed by atoms with van der Waals surface area (Å²) in [6.07, 6.45) is 1.64. The maximum absolute atomic E-state index is 10.8. The molecular formula is C7H13ClN2O. The molecule has 0 saturated heterocycles. The van der Waals surface area contributed by atoms with Crippen LogP contribution in [0.1, 0.15) is 13.8 Å². The highest BCUT2D eigenvalue weighted by Gasteiger charge is 1.93. The number of alkyl halides is 1. The van der Waals surface area contributed by atoms with E-state index in [-0.39, 0.29) is 6.03 Å². The van der Waals surface area contributed by atoms with Crippen LogP contribution in [0.25, 0.3) is 0 Å². The summed E-state index contributed by atoms with van der Waals surface area (Å²) >= 11 is 5.35. The van der Waals surface area contributed by atoms with Crippen molar-refractivity contribution in [2.24, 2.45) is 0 Å². The minimum absolute atomic E-state index is 0.216. The Kier molecular flexibility index (Phi) is 5.65. The molecule has 0 aliphatic carbocycles. The molecule has 0 fully saturated rings. The van der Waals surface area contributed by atoms with Gasteiger partial charge in [0.25, 0.3) is 0 Å². The Morgan fingerprint density at radius 2 is 2.18 bits per heavy atom. The first-order chi connectivity index (χ1) is 5.16. The third-order valence-corrected chi connectivity index (χ3v) is 1.06. The van der Waals surface area contributed by atoms with Crippen LogP contribution in [0.4, 0.5) is 4.79 Å². The van der Waals surface area contributed by atoms with Crippen molar-refractivity contribution in [1.29, 1.82) is 0 Å². The van der Waals surface area contributed by atoms with E-state index in [4.69, 9.17) is 11.6 Å². The van der Waals surface area contributed by atoms with Crippen molar-refractivity contribution in [1.82, 2.24) is 10.6 Å². The van der Waals surface area contributed by atoms with Gasteiger partial charge in [0.1, 0.15) is 0 Å². The molecule has 0 heterocycles. The van der Waals surface area contributed by atoms with E-state index >= 15 is 0 Å². The molecule has 0 rings (SSSR count). The van der Waals surface area contributed by atoms with Crippen molar-refractivity contribution in [2.45, 2.75) is 13.8 Å². The minimum Gasteiger partial charge on any atom is -0.337 e. The van der Waals surface area contributed by atoms with Crippen LogP contribution < -0.4 is 10.6 Å². The molecule has 0 bridgehead atoms. The summed E-state index contributed by atoms with van der Waals surface area (Å²) in [6, 6.07) is -0.216. The molecule has 0 saturated carbocycles. The fourth-order valence-electron chi connectivity index (χ4n) is 0.422. The third kappa shape index (κ3) is 7.19. The summed E-state index contributed by atoms with van der Waals surface area (Å²) in [6.45, 7) is 4.30. The van der Waals surface area contributed by atoms with Crippen LogP contribution in [0.15, 0.2) is 11.8 Å². The molecule has 0 aromatic heterocycles. The van der Waals surface area contributed by atoms with Gasteiger partial charge in [0, 0.05) is 18.6 Å². The number of rotatable bonds is 3. The van der Waals surface area contributed by atoms with Crippen molar-refractivity contribution in [3.63, 3.8) is 0 Å². The number of allylic oxidation sites excluding steroid dienone is 1. The molecule has 0 aliphatic heterocycles. The average molecular weight is 177 g/mol. The number of halogens is 1. The first kappa shape index (κ1) is 10.3. The number of carbonyl (C=O) groups excluding carboxylic acids is 1. The van der Waals surface area contributed by atoms with Gasteiger partial charge in [-0.2, -0.15) is 0 Å². The van der Waals surface area contributed by atoms with Gasteiger partial charge in [-0.25, -0.2) is 4.79 Å². The summed E-state index contributed by atoms with van der Waals surface area (Å²) in [7, 11) is 0. The number of carbonyl (C=O) groups is 1. The second-order valence-corrected chi connectivity index (χ2v) is 2.69. The standard InChI is InChI=1S/C7H13ClN2O/c1-6(2)5-10-7(11)9-4-3-8/h5H,3-4H2,1-2H3,(H2,9,10,11). The van der Waals surface area contributed by atoms with Crippen LogP contribution in [0, 0.1) is 0 Å². The van der Waals surface area contributed by atoms with Crippen LogP contribution in [0.3, 0.4) is 0 Å². The lowest BCUT2D eigenvalue weighted by atomic mass is 10.4. The lowest BCUT2D eigenvalue weighted by Gasteiger charge is -2.01. The maximum Gasteiger partial charge on any atom is 0.318 e. The average Bonchev–Trinajstić information content (AvgIpc) is 1.97. The Morgan fingerprint density at radius 3 is 2.64 bits per heavy atom. The number of hydrogen-bond acceptors (Lipinski definition) is 1. The van der Waals surface area contributed by atoms with Gasteiger partial charge in [-0.3, -0.25) is 0 Å². The van der Waals surface area contributed by atoms with Crippen molar-refractivity contribution < 1.29 is 4.79 Å². The zero-order chi connectivity index (χ0) is 8.69. The van der Waals surface area contributed by atoms with Gasteiger partial charge in [-0.15, -0.1) is 11.6 Å². The quantitative estimate of drug-likeness (QED) is 0.628. The molecular weight excluding hydrogens is 164 g/mol. The predicted octanol–water partition coefficient (Wildman–Crippen LogP) is 1.45. The van der Waals surface area contributed by atoms with Crippen LogP contribution in [-0.4, -0.2) is 18.5 Å². The zero-order valence-electron chi connectivity index (χ0n) is 6.78. The first-order valence-corrected chi connectivity index (χ1v) is 3.94. The molecule has 0 aromatic carbocycles. The summed E-state index contributed by atoms with van der Waals surface area (Å²) < 4.78 is 0. The van der Waals surface area contributed by atoms with Gasteiger partial charge >= 0.3 is 6.03 Å². The topological polar surface area (TPSA) is 41.1 Å². The van der Waals surface area contributed by atoms with E-state index in [1.165, 1.54) is 0 Å². The van der Waals surface area contributed by atoms with Crippen molar-refractivity contribution in [3.8, 4) is 0 Å². The fourth-order valence-corrected chi connectivity index (χ4v) is 0.516. The zero-order valence-corrected chi connectivity index (χ0v) is 7.53. The second-order valence-electron chi connectivity index (χ2n) is 2.31. The van der Waals surface area contributed by atoms with Crippen molar-refractivity contribution >= 4 is 17.6 Å². The normalized spacial score (nSPS) is 8.64. The highest BCUT2D eigenvalue weighted by Crippen LogP contribution is 1.83. The van der Waals surface area contributed by atoms with Gasteiger partial charge in [-0.05, 0) is 13.8 Å². The molecule has 0 atom stereocenters. The van der Waals surface area contributed by atoms with Crippen LogP contribution in [0.5, 0.6) is 0 Å². The van der Waals surface area contributed by atoms with E-state index in [1.54, 1.807) is 6.20 Å².